The van der Waals surface area contributed by atoms with Crippen LogP contribution in [0, 0.1) is 0 Å². The summed E-state index contributed by atoms with van der Waals surface area (Å²) in [6.07, 6.45) is 3.75. The van der Waals surface area contributed by atoms with Crippen LogP contribution >= 0.6 is 0 Å². The van der Waals surface area contributed by atoms with Gasteiger partial charge < -0.3 is 15.8 Å². The average molecular weight is 228 g/mol. The van der Waals surface area contributed by atoms with Gasteiger partial charge in [0, 0.05) is 6.61 Å². The molecule has 4 heteroatoms. The van der Waals surface area contributed by atoms with Crippen molar-refractivity contribution in [3.8, 4) is 0 Å². The van der Waals surface area contributed by atoms with E-state index in [2.05, 4.69) is 12.2 Å². The number of rotatable bonds is 5. The van der Waals surface area contributed by atoms with Crippen molar-refractivity contribution < 1.29 is 9.53 Å². The van der Waals surface area contributed by atoms with Crippen molar-refractivity contribution in [2.75, 3.05) is 6.61 Å². The Morgan fingerprint density at radius 3 is 2.88 bits per heavy atom. The predicted molar refractivity (Wildman–Crippen MR) is 64.1 cm³/mol. The van der Waals surface area contributed by atoms with Crippen LogP contribution in [-0.4, -0.2) is 30.2 Å². The van der Waals surface area contributed by atoms with E-state index in [4.69, 9.17) is 10.5 Å². The van der Waals surface area contributed by atoms with Crippen LogP contribution in [0.15, 0.2) is 0 Å². The number of amides is 1. The lowest BCUT2D eigenvalue weighted by atomic mass is 9.94. The van der Waals surface area contributed by atoms with Crippen molar-refractivity contribution in [1.29, 1.82) is 0 Å². The summed E-state index contributed by atoms with van der Waals surface area (Å²) in [5, 5.41) is 3.02. The van der Waals surface area contributed by atoms with Crippen LogP contribution in [0.3, 0.4) is 0 Å². The fourth-order valence-corrected chi connectivity index (χ4v) is 1.93. The molecule has 0 aliphatic carbocycles. The maximum Gasteiger partial charge on any atom is 0.237 e. The van der Waals surface area contributed by atoms with Gasteiger partial charge in [-0.25, -0.2) is 0 Å². The second-order valence-corrected chi connectivity index (χ2v) is 4.92. The second-order valence-electron chi connectivity index (χ2n) is 4.92. The number of unbranched alkanes of at least 4 members (excludes halogenated alkanes) is 1. The molecule has 1 amide bonds. The molecule has 1 heterocycles. The molecule has 0 aromatic carbocycles. The largest absolute Gasteiger partial charge is 0.376 e. The van der Waals surface area contributed by atoms with E-state index < -0.39 is 0 Å². The zero-order valence-electron chi connectivity index (χ0n) is 10.6. The van der Waals surface area contributed by atoms with E-state index in [0.717, 1.165) is 25.7 Å². The fourth-order valence-electron chi connectivity index (χ4n) is 1.93. The first-order valence-electron chi connectivity index (χ1n) is 6.19. The van der Waals surface area contributed by atoms with Gasteiger partial charge in [-0.2, -0.15) is 0 Å². The lowest BCUT2D eigenvalue weighted by Gasteiger charge is -2.30. The van der Waals surface area contributed by atoms with Gasteiger partial charge in [0.05, 0.1) is 17.7 Å². The van der Waals surface area contributed by atoms with E-state index in [1.807, 2.05) is 13.8 Å². The normalized spacial score (nSPS) is 31.4. The Labute approximate surface area is 97.9 Å². The van der Waals surface area contributed by atoms with E-state index in [1.165, 1.54) is 0 Å². The van der Waals surface area contributed by atoms with Crippen LogP contribution in [0.4, 0.5) is 0 Å². The topological polar surface area (TPSA) is 64.4 Å². The Kier molecular flexibility index (Phi) is 4.74. The molecule has 1 aliphatic heterocycles. The van der Waals surface area contributed by atoms with Gasteiger partial charge in [-0.1, -0.05) is 19.8 Å². The zero-order chi connectivity index (χ0) is 12.2. The molecule has 0 aromatic heterocycles. The van der Waals surface area contributed by atoms with E-state index in [0.29, 0.717) is 6.61 Å². The van der Waals surface area contributed by atoms with E-state index >= 15 is 0 Å². The molecule has 0 aromatic rings. The van der Waals surface area contributed by atoms with Gasteiger partial charge in [0.25, 0.3) is 0 Å². The maximum absolute atomic E-state index is 11.9. The molecule has 2 unspecified atom stereocenters. The fraction of sp³-hybridized carbons (Fsp3) is 0.917. The molecule has 1 aliphatic rings. The van der Waals surface area contributed by atoms with Crippen LogP contribution in [-0.2, 0) is 9.53 Å². The average Bonchev–Trinajstić information content (AvgIpc) is 2.55. The highest BCUT2D eigenvalue weighted by Crippen LogP contribution is 2.25. The van der Waals surface area contributed by atoms with Crippen molar-refractivity contribution >= 4 is 5.91 Å². The van der Waals surface area contributed by atoms with Gasteiger partial charge in [0.1, 0.15) is 0 Å². The summed E-state index contributed by atoms with van der Waals surface area (Å²) in [4.78, 5) is 11.9. The Hall–Kier alpha value is -0.610. The van der Waals surface area contributed by atoms with Crippen LogP contribution in [0.25, 0.3) is 0 Å². The van der Waals surface area contributed by atoms with Gasteiger partial charge in [-0.15, -0.1) is 0 Å². The number of hydrogen-bond acceptors (Lipinski definition) is 3. The number of ether oxygens (including phenoxy) is 1. The molecule has 94 valence electrons. The van der Waals surface area contributed by atoms with Gasteiger partial charge in [-0.05, 0) is 26.7 Å². The molecule has 1 rings (SSSR count). The summed E-state index contributed by atoms with van der Waals surface area (Å²) in [5.41, 5.74) is 5.58. The first-order valence-corrected chi connectivity index (χ1v) is 6.19. The van der Waals surface area contributed by atoms with E-state index in [1.54, 1.807) is 0 Å². The monoisotopic (exact) mass is 228 g/mol. The smallest absolute Gasteiger partial charge is 0.237 e. The molecule has 0 saturated carbocycles. The van der Waals surface area contributed by atoms with Crippen LogP contribution in [0.1, 0.15) is 46.5 Å². The number of carbonyl (C=O) groups is 1. The van der Waals surface area contributed by atoms with Crippen molar-refractivity contribution in [1.82, 2.24) is 5.32 Å². The molecule has 16 heavy (non-hydrogen) atoms. The highest BCUT2D eigenvalue weighted by Gasteiger charge is 2.38. The SMILES string of the molecule is CCCC[C@H](N)C(=O)NC1(C)CCOC1C. The molecular formula is C12H24N2O2. The Morgan fingerprint density at radius 1 is 1.69 bits per heavy atom. The predicted octanol–water partition coefficient (Wildman–Crippen LogP) is 1.19. The third-order valence-electron chi connectivity index (χ3n) is 3.50. The van der Waals surface area contributed by atoms with Crippen molar-refractivity contribution in [3.63, 3.8) is 0 Å². The molecule has 3 atom stereocenters. The first kappa shape index (κ1) is 13.5. The molecular weight excluding hydrogens is 204 g/mol. The number of hydrogen-bond donors (Lipinski definition) is 2. The van der Waals surface area contributed by atoms with Crippen LogP contribution in [0.5, 0.6) is 0 Å². The Bertz CT molecular complexity index is 245. The maximum atomic E-state index is 11.9. The summed E-state index contributed by atoms with van der Waals surface area (Å²) in [6.45, 7) is 6.82. The second kappa shape index (κ2) is 5.64. The van der Waals surface area contributed by atoms with Crippen LogP contribution in [0.2, 0.25) is 0 Å². The summed E-state index contributed by atoms with van der Waals surface area (Å²) in [5.74, 6) is -0.0479. The third-order valence-corrected chi connectivity index (χ3v) is 3.50. The van der Waals surface area contributed by atoms with Gasteiger partial charge in [-0.3, -0.25) is 4.79 Å². The van der Waals surface area contributed by atoms with Gasteiger partial charge in [0.2, 0.25) is 5.91 Å². The van der Waals surface area contributed by atoms with Crippen molar-refractivity contribution in [2.45, 2.75) is 64.1 Å². The van der Waals surface area contributed by atoms with Gasteiger partial charge in [0.15, 0.2) is 0 Å². The summed E-state index contributed by atoms with van der Waals surface area (Å²) in [7, 11) is 0. The zero-order valence-corrected chi connectivity index (χ0v) is 10.6. The minimum Gasteiger partial charge on any atom is -0.376 e. The molecule has 4 nitrogen and oxygen atoms in total. The number of nitrogens with two attached hydrogens (primary N) is 1. The Morgan fingerprint density at radius 2 is 2.38 bits per heavy atom. The molecule has 3 N–H and O–H groups in total. The highest BCUT2D eigenvalue weighted by molar-refractivity contribution is 5.82. The van der Waals surface area contributed by atoms with Crippen molar-refractivity contribution in [3.05, 3.63) is 0 Å². The molecule has 0 spiro atoms. The number of carbonyl (C=O) groups excluding carboxylic acids is 1. The Balaban J connectivity index is 2.44. The van der Waals surface area contributed by atoms with Crippen molar-refractivity contribution in [2.24, 2.45) is 5.73 Å². The minimum atomic E-state index is -0.385. The van der Waals surface area contributed by atoms with E-state index in [9.17, 15) is 4.79 Å². The van der Waals surface area contributed by atoms with Crippen LogP contribution < -0.4 is 11.1 Å². The molecule has 1 saturated heterocycles. The molecule has 0 radical (unpaired) electrons. The summed E-state index contributed by atoms with van der Waals surface area (Å²) < 4.78 is 5.47. The summed E-state index contributed by atoms with van der Waals surface area (Å²) >= 11 is 0. The van der Waals surface area contributed by atoms with E-state index in [-0.39, 0.29) is 23.6 Å². The summed E-state index contributed by atoms with van der Waals surface area (Å²) in [6, 6.07) is -0.385. The lowest BCUT2D eigenvalue weighted by Crippen LogP contribution is -2.55. The number of nitrogens with one attached hydrogen (secondary N) is 1. The standard InChI is InChI=1S/C12H24N2O2/c1-4-5-6-10(13)11(15)14-12(3)7-8-16-9(12)2/h9-10H,4-8,13H2,1-3H3,(H,14,15)/t9?,10-,12?/m0/s1. The first-order chi connectivity index (χ1) is 7.49. The van der Waals surface area contributed by atoms with Gasteiger partial charge >= 0.3 is 0 Å². The highest BCUT2D eigenvalue weighted by atomic mass is 16.5. The minimum absolute atomic E-state index is 0.0479. The molecule has 0 bridgehead atoms. The third kappa shape index (κ3) is 3.19. The molecule has 1 fully saturated rings. The quantitative estimate of drug-likeness (QED) is 0.743. The lowest BCUT2D eigenvalue weighted by molar-refractivity contribution is -0.124.